The Balaban J connectivity index is 1.06. The van der Waals surface area contributed by atoms with Gasteiger partial charge < -0.3 is 5.11 Å². The van der Waals surface area contributed by atoms with Crippen molar-refractivity contribution < 1.29 is 5.11 Å². The standard InChI is InChI=1S/C52H34N4O/c57-46-30-29-44-48(43-27-10-11-28-45(43)53-49(44)34-15-4-1-5-16-34)47(46)41-25-13-23-39(32-41)37-21-12-22-38(31-37)40-24-14-26-42(33-40)52-55-50(35-17-6-2-7-18-35)54-51(56-52)36-19-8-3-9-20-36/h1-33,57H. The first kappa shape index (κ1) is 33.8. The lowest BCUT2D eigenvalue weighted by Gasteiger charge is -2.16. The van der Waals surface area contributed by atoms with Crippen LogP contribution in [-0.4, -0.2) is 25.0 Å². The monoisotopic (exact) mass is 730 g/mol. The van der Waals surface area contributed by atoms with E-state index in [0.29, 0.717) is 17.5 Å². The zero-order valence-electron chi connectivity index (χ0n) is 30.8. The van der Waals surface area contributed by atoms with Gasteiger partial charge in [0.15, 0.2) is 17.5 Å². The Morgan fingerprint density at radius 3 is 1.30 bits per heavy atom. The van der Waals surface area contributed by atoms with Crippen LogP contribution < -0.4 is 0 Å². The fourth-order valence-electron chi connectivity index (χ4n) is 7.65. The number of hydrogen-bond donors (Lipinski definition) is 1. The van der Waals surface area contributed by atoms with Gasteiger partial charge in [-0.1, -0.05) is 164 Å². The summed E-state index contributed by atoms with van der Waals surface area (Å²) >= 11 is 0. The number of hydrogen-bond acceptors (Lipinski definition) is 5. The van der Waals surface area contributed by atoms with Gasteiger partial charge in [0, 0.05) is 44.0 Å². The zero-order chi connectivity index (χ0) is 38.1. The van der Waals surface area contributed by atoms with Gasteiger partial charge >= 0.3 is 0 Å². The Hall–Kier alpha value is -7.76. The van der Waals surface area contributed by atoms with Gasteiger partial charge in [0.05, 0.1) is 11.2 Å². The summed E-state index contributed by atoms with van der Waals surface area (Å²) in [6, 6.07) is 67.6. The van der Waals surface area contributed by atoms with Crippen molar-refractivity contribution in [2.24, 2.45) is 0 Å². The molecular formula is C52H34N4O. The fraction of sp³-hybridized carbons (Fsp3) is 0. The highest BCUT2D eigenvalue weighted by Crippen LogP contribution is 2.44. The van der Waals surface area contributed by atoms with Crippen LogP contribution in [0, 0.1) is 0 Å². The van der Waals surface area contributed by atoms with Gasteiger partial charge in [-0.2, -0.15) is 0 Å². The maximum atomic E-state index is 11.6. The molecule has 10 aromatic rings. The molecule has 0 spiro atoms. The van der Waals surface area contributed by atoms with Gasteiger partial charge in [-0.25, -0.2) is 19.9 Å². The molecule has 57 heavy (non-hydrogen) atoms. The van der Waals surface area contributed by atoms with E-state index in [1.807, 2.05) is 103 Å². The van der Waals surface area contributed by atoms with E-state index in [9.17, 15) is 5.11 Å². The van der Waals surface area contributed by atoms with Crippen molar-refractivity contribution in [3.63, 3.8) is 0 Å². The Bertz CT molecular complexity index is 3020. The van der Waals surface area contributed by atoms with E-state index in [-0.39, 0.29) is 5.75 Å². The Kier molecular flexibility index (Phi) is 8.58. The van der Waals surface area contributed by atoms with Gasteiger partial charge in [-0.15, -0.1) is 0 Å². The quantitative estimate of drug-likeness (QED) is 0.165. The van der Waals surface area contributed by atoms with Crippen LogP contribution in [0.5, 0.6) is 5.75 Å². The number of rotatable bonds is 7. The van der Waals surface area contributed by atoms with Gasteiger partial charge in [-0.3, -0.25) is 0 Å². The molecule has 0 aliphatic heterocycles. The van der Waals surface area contributed by atoms with Crippen LogP contribution in [-0.2, 0) is 0 Å². The van der Waals surface area contributed by atoms with Crippen molar-refractivity contribution in [1.82, 2.24) is 19.9 Å². The third-order valence-electron chi connectivity index (χ3n) is 10.4. The summed E-state index contributed by atoms with van der Waals surface area (Å²) in [6.45, 7) is 0. The van der Waals surface area contributed by atoms with E-state index in [0.717, 1.165) is 83.0 Å². The van der Waals surface area contributed by atoms with Gasteiger partial charge in [0.25, 0.3) is 0 Å². The summed E-state index contributed by atoms with van der Waals surface area (Å²) in [5.74, 6) is 2.10. The number of para-hydroxylation sites is 1. The highest BCUT2D eigenvalue weighted by Gasteiger charge is 2.18. The summed E-state index contributed by atoms with van der Waals surface area (Å²) in [6.07, 6.45) is 0. The first-order valence-electron chi connectivity index (χ1n) is 18.9. The molecule has 268 valence electrons. The van der Waals surface area contributed by atoms with Crippen LogP contribution >= 0.6 is 0 Å². The minimum absolute atomic E-state index is 0.227. The molecule has 0 aliphatic carbocycles. The molecule has 0 saturated heterocycles. The SMILES string of the molecule is Oc1ccc2c(-c3ccccc3)nc3ccccc3c2c1-c1cccc(-c2cccc(-c3cccc(-c4nc(-c5ccccc5)nc(-c5ccccc5)n4)c3)c2)c1. The minimum atomic E-state index is 0.227. The van der Waals surface area contributed by atoms with E-state index in [1.54, 1.807) is 6.07 Å². The number of fused-ring (bicyclic) bond motifs is 3. The van der Waals surface area contributed by atoms with Crippen molar-refractivity contribution in [3.8, 4) is 84.6 Å². The highest BCUT2D eigenvalue weighted by atomic mass is 16.3. The molecule has 0 atom stereocenters. The number of aromatic nitrogens is 4. The molecule has 10 rings (SSSR count). The second-order valence-corrected chi connectivity index (χ2v) is 14.0. The normalized spacial score (nSPS) is 11.2. The molecule has 0 radical (unpaired) electrons. The maximum Gasteiger partial charge on any atom is 0.164 e. The average Bonchev–Trinajstić information content (AvgIpc) is 3.29. The van der Waals surface area contributed by atoms with Crippen LogP contribution in [0.3, 0.4) is 0 Å². The van der Waals surface area contributed by atoms with E-state index in [2.05, 4.69) is 91.0 Å². The maximum absolute atomic E-state index is 11.6. The number of pyridine rings is 1. The number of phenolic OH excluding ortho intramolecular Hbond substituents is 1. The van der Waals surface area contributed by atoms with Crippen molar-refractivity contribution >= 4 is 21.7 Å². The number of aromatic hydroxyl groups is 1. The number of phenols is 1. The van der Waals surface area contributed by atoms with Crippen molar-refractivity contribution in [2.45, 2.75) is 0 Å². The fourth-order valence-corrected chi connectivity index (χ4v) is 7.65. The summed E-state index contributed by atoms with van der Waals surface area (Å²) in [5.41, 5.74) is 11.5. The lowest BCUT2D eigenvalue weighted by Crippen LogP contribution is -2.00. The Labute approximate surface area is 330 Å². The molecule has 0 unspecified atom stereocenters. The van der Waals surface area contributed by atoms with Crippen molar-refractivity contribution in [3.05, 3.63) is 200 Å². The largest absolute Gasteiger partial charge is 0.507 e. The zero-order valence-corrected chi connectivity index (χ0v) is 30.8. The predicted molar refractivity (Wildman–Crippen MR) is 232 cm³/mol. The van der Waals surface area contributed by atoms with E-state index >= 15 is 0 Å². The lowest BCUT2D eigenvalue weighted by molar-refractivity contribution is 0.478. The van der Waals surface area contributed by atoms with Crippen LogP contribution in [0.1, 0.15) is 0 Å². The Morgan fingerprint density at radius 1 is 0.298 bits per heavy atom. The molecule has 0 amide bonds. The molecule has 0 fully saturated rings. The van der Waals surface area contributed by atoms with Crippen LogP contribution in [0.2, 0.25) is 0 Å². The van der Waals surface area contributed by atoms with Crippen molar-refractivity contribution in [2.75, 3.05) is 0 Å². The molecule has 2 aromatic heterocycles. The van der Waals surface area contributed by atoms with Crippen LogP contribution in [0.4, 0.5) is 0 Å². The average molecular weight is 731 g/mol. The van der Waals surface area contributed by atoms with Gasteiger partial charge in [0.2, 0.25) is 0 Å². The second kappa shape index (κ2) is 14.5. The third kappa shape index (κ3) is 6.47. The van der Waals surface area contributed by atoms with Crippen LogP contribution in [0.25, 0.3) is 100 Å². The minimum Gasteiger partial charge on any atom is -0.507 e. The molecule has 0 saturated carbocycles. The predicted octanol–water partition coefficient (Wildman–Crippen LogP) is 12.9. The Morgan fingerprint density at radius 2 is 0.719 bits per heavy atom. The van der Waals surface area contributed by atoms with E-state index < -0.39 is 0 Å². The lowest BCUT2D eigenvalue weighted by atomic mass is 9.90. The second-order valence-electron chi connectivity index (χ2n) is 14.0. The van der Waals surface area contributed by atoms with Crippen LogP contribution in [0.15, 0.2) is 200 Å². The summed E-state index contributed by atoms with van der Waals surface area (Å²) in [7, 11) is 0. The molecule has 8 aromatic carbocycles. The number of benzene rings is 8. The highest BCUT2D eigenvalue weighted by molar-refractivity contribution is 6.18. The summed E-state index contributed by atoms with van der Waals surface area (Å²) < 4.78 is 0. The third-order valence-corrected chi connectivity index (χ3v) is 10.4. The number of nitrogens with zero attached hydrogens (tertiary/aromatic N) is 4. The molecular weight excluding hydrogens is 697 g/mol. The van der Waals surface area contributed by atoms with E-state index in [4.69, 9.17) is 19.9 Å². The first-order valence-corrected chi connectivity index (χ1v) is 18.9. The summed E-state index contributed by atoms with van der Waals surface area (Å²) in [5, 5.41) is 14.6. The smallest absolute Gasteiger partial charge is 0.164 e. The van der Waals surface area contributed by atoms with E-state index in [1.165, 1.54) is 0 Å². The van der Waals surface area contributed by atoms with Gasteiger partial charge in [0.1, 0.15) is 5.75 Å². The molecule has 2 heterocycles. The summed E-state index contributed by atoms with van der Waals surface area (Å²) in [4.78, 5) is 19.9. The molecule has 5 nitrogen and oxygen atoms in total. The van der Waals surface area contributed by atoms with Gasteiger partial charge in [-0.05, 0) is 64.2 Å². The van der Waals surface area contributed by atoms with Crippen molar-refractivity contribution in [1.29, 1.82) is 0 Å². The topological polar surface area (TPSA) is 71.8 Å². The molecule has 1 N–H and O–H groups in total. The molecule has 5 heteroatoms. The first-order chi connectivity index (χ1) is 28.2. The molecule has 0 bridgehead atoms. The molecule has 0 aliphatic rings.